The van der Waals surface area contributed by atoms with Crippen molar-refractivity contribution in [1.82, 2.24) is 4.90 Å². The van der Waals surface area contributed by atoms with Crippen LogP contribution in [0.5, 0.6) is 0 Å². The minimum Gasteiger partial charge on any atom is -0.338 e. The van der Waals surface area contributed by atoms with E-state index in [2.05, 4.69) is 6.07 Å². The summed E-state index contributed by atoms with van der Waals surface area (Å²) in [6.07, 6.45) is 3.09. The van der Waals surface area contributed by atoms with Crippen LogP contribution in [0, 0.1) is 5.92 Å². The Kier molecular flexibility index (Phi) is 4.95. The first kappa shape index (κ1) is 15.6. The minimum atomic E-state index is 0. The molecule has 2 aliphatic rings. The zero-order chi connectivity index (χ0) is 13.4. The molecule has 1 heterocycles. The molecular weight excluding hydrogens is 295 g/mol. The maximum Gasteiger partial charge on any atom is 0.226 e. The molecule has 1 saturated heterocycles. The summed E-state index contributed by atoms with van der Waals surface area (Å²) in [4.78, 5) is 14.5. The second kappa shape index (κ2) is 6.33. The summed E-state index contributed by atoms with van der Waals surface area (Å²) in [7, 11) is 0. The minimum absolute atomic E-state index is 0. The Labute approximate surface area is 130 Å². The van der Waals surface area contributed by atoms with Gasteiger partial charge < -0.3 is 10.6 Å². The Morgan fingerprint density at radius 3 is 2.95 bits per heavy atom. The van der Waals surface area contributed by atoms with Gasteiger partial charge in [-0.2, -0.15) is 0 Å². The molecule has 0 aromatic heterocycles. The van der Waals surface area contributed by atoms with Crippen LogP contribution in [0.15, 0.2) is 24.3 Å². The Bertz CT molecular complexity index is 495. The number of rotatable bonds is 3. The zero-order valence-electron chi connectivity index (χ0n) is 11.3. The smallest absolute Gasteiger partial charge is 0.226 e. The number of hydrogen-bond acceptors (Lipinski definition) is 2. The molecule has 0 bridgehead atoms. The first-order valence-electron chi connectivity index (χ1n) is 6.96. The summed E-state index contributed by atoms with van der Waals surface area (Å²) in [5, 5.41) is 0.747. The van der Waals surface area contributed by atoms with Gasteiger partial charge in [0.15, 0.2) is 0 Å². The van der Waals surface area contributed by atoms with E-state index in [4.69, 9.17) is 17.3 Å². The average molecular weight is 315 g/mol. The third kappa shape index (κ3) is 2.95. The summed E-state index contributed by atoms with van der Waals surface area (Å²) >= 11 is 6.00. The molecule has 1 amide bonds. The van der Waals surface area contributed by atoms with Gasteiger partial charge in [0.2, 0.25) is 5.91 Å². The molecule has 1 aromatic rings. The highest BCUT2D eigenvalue weighted by Crippen LogP contribution is 2.49. The maximum atomic E-state index is 12.5. The SMILES string of the molecule is Cl.NCC1CCCN1C(=O)C1CC1c1cccc(Cl)c1. The summed E-state index contributed by atoms with van der Waals surface area (Å²) in [5.41, 5.74) is 6.93. The lowest BCUT2D eigenvalue weighted by Gasteiger charge is -2.23. The lowest BCUT2D eigenvalue weighted by Crippen LogP contribution is -2.40. The van der Waals surface area contributed by atoms with Crippen LogP contribution in [0.2, 0.25) is 5.02 Å². The number of amides is 1. The number of nitrogens with two attached hydrogens (primary N) is 1. The fourth-order valence-electron chi connectivity index (χ4n) is 3.16. The zero-order valence-corrected chi connectivity index (χ0v) is 12.9. The highest BCUT2D eigenvalue weighted by atomic mass is 35.5. The molecule has 1 aliphatic carbocycles. The number of nitrogens with zero attached hydrogens (tertiary/aromatic N) is 1. The molecule has 3 atom stereocenters. The number of halogens is 2. The van der Waals surface area contributed by atoms with Crippen LogP contribution in [0.1, 0.15) is 30.7 Å². The molecule has 3 rings (SSSR count). The van der Waals surface area contributed by atoms with E-state index in [0.29, 0.717) is 12.5 Å². The van der Waals surface area contributed by atoms with Crippen molar-refractivity contribution < 1.29 is 4.79 Å². The lowest BCUT2D eigenvalue weighted by atomic mass is 10.1. The molecule has 110 valence electrons. The molecule has 1 aromatic carbocycles. The number of hydrogen-bond donors (Lipinski definition) is 1. The molecule has 20 heavy (non-hydrogen) atoms. The van der Waals surface area contributed by atoms with E-state index in [0.717, 1.165) is 30.8 Å². The van der Waals surface area contributed by atoms with E-state index >= 15 is 0 Å². The van der Waals surface area contributed by atoms with E-state index in [-0.39, 0.29) is 30.3 Å². The van der Waals surface area contributed by atoms with Crippen molar-refractivity contribution in [3.63, 3.8) is 0 Å². The van der Waals surface area contributed by atoms with Crippen molar-refractivity contribution in [2.24, 2.45) is 11.7 Å². The van der Waals surface area contributed by atoms with Gasteiger partial charge in [0.05, 0.1) is 0 Å². The van der Waals surface area contributed by atoms with Gasteiger partial charge in [0.25, 0.3) is 0 Å². The largest absolute Gasteiger partial charge is 0.338 e. The predicted octanol–water partition coefficient (Wildman–Crippen LogP) is 2.82. The molecule has 1 saturated carbocycles. The second-order valence-electron chi connectivity index (χ2n) is 5.57. The molecule has 3 unspecified atom stereocenters. The molecule has 2 fully saturated rings. The predicted molar refractivity (Wildman–Crippen MR) is 83.3 cm³/mol. The van der Waals surface area contributed by atoms with Gasteiger partial charge in [-0.25, -0.2) is 0 Å². The fourth-order valence-corrected chi connectivity index (χ4v) is 3.36. The van der Waals surface area contributed by atoms with Crippen LogP contribution in [-0.4, -0.2) is 29.9 Å². The van der Waals surface area contributed by atoms with Crippen molar-refractivity contribution in [3.8, 4) is 0 Å². The summed E-state index contributed by atoms with van der Waals surface area (Å²) in [6, 6.07) is 8.12. The molecule has 0 spiro atoms. The van der Waals surface area contributed by atoms with E-state index < -0.39 is 0 Å². The van der Waals surface area contributed by atoms with Crippen LogP contribution < -0.4 is 5.73 Å². The first-order chi connectivity index (χ1) is 9.20. The maximum absolute atomic E-state index is 12.5. The molecule has 5 heteroatoms. The van der Waals surface area contributed by atoms with Crippen LogP contribution in [0.4, 0.5) is 0 Å². The highest BCUT2D eigenvalue weighted by molar-refractivity contribution is 6.30. The molecule has 0 radical (unpaired) electrons. The topological polar surface area (TPSA) is 46.3 Å². The second-order valence-corrected chi connectivity index (χ2v) is 6.00. The fraction of sp³-hybridized carbons (Fsp3) is 0.533. The van der Waals surface area contributed by atoms with Gasteiger partial charge >= 0.3 is 0 Å². The van der Waals surface area contributed by atoms with E-state index in [9.17, 15) is 4.79 Å². The van der Waals surface area contributed by atoms with Gasteiger partial charge in [-0.3, -0.25) is 4.79 Å². The van der Waals surface area contributed by atoms with Crippen molar-refractivity contribution in [2.45, 2.75) is 31.2 Å². The van der Waals surface area contributed by atoms with E-state index in [1.807, 2.05) is 23.1 Å². The van der Waals surface area contributed by atoms with Crippen molar-refractivity contribution in [3.05, 3.63) is 34.9 Å². The standard InChI is InChI=1S/C15H19ClN2O.ClH/c16-11-4-1-3-10(7-11)13-8-14(13)15(19)18-6-2-5-12(18)9-17;/h1,3-4,7,12-14H,2,5-6,8-9,17H2;1H. The lowest BCUT2D eigenvalue weighted by molar-refractivity contribution is -0.133. The van der Waals surface area contributed by atoms with Crippen molar-refractivity contribution in [2.75, 3.05) is 13.1 Å². The number of carbonyl (C=O) groups excluding carboxylic acids is 1. The van der Waals surface area contributed by atoms with Crippen LogP contribution in [0.3, 0.4) is 0 Å². The molecule has 1 aliphatic heterocycles. The van der Waals surface area contributed by atoms with Crippen LogP contribution >= 0.6 is 24.0 Å². The number of likely N-dealkylation sites (tertiary alicyclic amines) is 1. The average Bonchev–Trinajstić information content (AvgIpc) is 3.07. The summed E-state index contributed by atoms with van der Waals surface area (Å²) < 4.78 is 0. The Hall–Kier alpha value is -0.770. The highest BCUT2D eigenvalue weighted by Gasteiger charge is 2.47. The van der Waals surface area contributed by atoms with E-state index in [1.54, 1.807) is 0 Å². The molecule has 2 N–H and O–H groups in total. The summed E-state index contributed by atoms with van der Waals surface area (Å²) in [6.45, 7) is 1.46. The van der Waals surface area contributed by atoms with Gasteiger partial charge in [-0.1, -0.05) is 23.7 Å². The van der Waals surface area contributed by atoms with Gasteiger partial charge in [-0.05, 0) is 42.9 Å². The van der Waals surface area contributed by atoms with Gasteiger partial charge in [-0.15, -0.1) is 12.4 Å². The quantitative estimate of drug-likeness (QED) is 0.932. The molecule has 3 nitrogen and oxygen atoms in total. The normalized spacial score (nSPS) is 28.1. The van der Waals surface area contributed by atoms with Crippen LogP contribution in [0.25, 0.3) is 0 Å². The number of benzene rings is 1. The monoisotopic (exact) mass is 314 g/mol. The number of carbonyl (C=O) groups is 1. The summed E-state index contributed by atoms with van der Waals surface area (Å²) in [5.74, 6) is 0.786. The van der Waals surface area contributed by atoms with Crippen molar-refractivity contribution >= 4 is 29.9 Å². The Morgan fingerprint density at radius 1 is 1.45 bits per heavy atom. The van der Waals surface area contributed by atoms with Gasteiger partial charge in [0, 0.05) is 30.1 Å². The third-order valence-corrected chi connectivity index (χ3v) is 4.55. The van der Waals surface area contributed by atoms with Gasteiger partial charge in [0.1, 0.15) is 0 Å². The van der Waals surface area contributed by atoms with Crippen molar-refractivity contribution in [1.29, 1.82) is 0 Å². The third-order valence-electron chi connectivity index (χ3n) is 4.32. The molecular formula is C15H20Cl2N2O. The van der Waals surface area contributed by atoms with Crippen LogP contribution in [-0.2, 0) is 4.79 Å². The Balaban J connectivity index is 0.00000147. The first-order valence-corrected chi connectivity index (χ1v) is 7.34. The Morgan fingerprint density at radius 2 is 2.25 bits per heavy atom. The van der Waals surface area contributed by atoms with E-state index in [1.165, 1.54) is 5.56 Å².